The maximum Gasteiger partial charge on any atom is 0.143 e. The lowest BCUT2D eigenvalue weighted by Gasteiger charge is -2.31. The second-order valence-electron chi connectivity index (χ2n) is 5.86. The highest BCUT2D eigenvalue weighted by molar-refractivity contribution is 5.90. The molecule has 1 heteroatoms. The van der Waals surface area contributed by atoms with Crippen LogP contribution >= 0.6 is 0 Å². The number of Topliss-reactive ketones (excluding diaryl/α,β-unsaturated/α-hetero) is 1. The third kappa shape index (κ3) is 3.92. The minimum absolute atomic E-state index is 0.266. The lowest BCUT2D eigenvalue weighted by molar-refractivity contribution is -0.125. The van der Waals surface area contributed by atoms with Crippen LogP contribution in [0.2, 0.25) is 0 Å². The standard InChI is InChI=1S/C18H28O/c1-5-18(6-2,16-12-8-7-9-13-16)17(19)14-10-11-15(3)4/h7-9,12-13,15H,5-6,10-11,14H2,1-4H3. The summed E-state index contributed by atoms with van der Waals surface area (Å²) < 4.78 is 0. The first-order valence-corrected chi connectivity index (χ1v) is 7.65. The Labute approximate surface area is 118 Å². The van der Waals surface area contributed by atoms with Crippen molar-refractivity contribution in [3.8, 4) is 0 Å². The summed E-state index contributed by atoms with van der Waals surface area (Å²) in [5.74, 6) is 1.10. The van der Waals surface area contributed by atoms with Gasteiger partial charge in [-0.15, -0.1) is 0 Å². The molecule has 0 atom stereocenters. The molecule has 1 nitrogen and oxygen atoms in total. The molecule has 0 aliphatic carbocycles. The van der Waals surface area contributed by atoms with Crippen molar-refractivity contribution in [3.63, 3.8) is 0 Å². The van der Waals surface area contributed by atoms with Crippen LogP contribution < -0.4 is 0 Å². The topological polar surface area (TPSA) is 17.1 Å². The fourth-order valence-electron chi connectivity index (χ4n) is 2.88. The van der Waals surface area contributed by atoms with E-state index in [0.717, 1.165) is 32.1 Å². The molecule has 0 aliphatic rings. The van der Waals surface area contributed by atoms with Gasteiger partial charge in [-0.1, -0.05) is 64.4 Å². The lowest BCUT2D eigenvalue weighted by atomic mass is 9.71. The molecule has 106 valence electrons. The van der Waals surface area contributed by atoms with Crippen LogP contribution in [0.25, 0.3) is 0 Å². The van der Waals surface area contributed by atoms with Crippen LogP contribution in [0.4, 0.5) is 0 Å². The summed E-state index contributed by atoms with van der Waals surface area (Å²) in [5, 5.41) is 0. The highest BCUT2D eigenvalue weighted by Gasteiger charge is 2.35. The Kier molecular flexibility index (Phi) is 6.27. The number of carbonyl (C=O) groups is 1. The van der Waals surface area contributed by atoms with Crippen molar-refractivity contribution >= 4 is 5.78 Å². The second-order valence-corrected chi connectivity index (χ2v) is 5.86. The van der Waals surface area contributed by atoms with E-state index >= 15 is 0 Å². The summed E-state index contributed by atoms with van der Waals surface area (Å²) in [7, 11) is 0. The van der Waals surface area contributed by atoms with E-state index in [9.17, 15) is 4.79 Å². The summed E-state index contributed by atoms with van der Waals surface area (Å²) in [6.45, 7) is 8.71. The van der Waals surface area contributed by atoms with Gasteiger partial charge in [0.2, 0.25) is 0 Å². The molecule has 0 saturated carbocycles. The molecule has 0 bridgehead atoms. The van der Waals surface area contributed by atoms with Gasteiger partial charge in [-0.25, -0.2) is 0 Å². The molecule has 19 heavy (non-hydrogen) atoms. The molecule has 0 N–H and O–H groups in total. The fourth-order valence-corrected chi connectivity index (χ4v) is 2.88. The Balaban J connectivity index is 2.84. The van der Waals surface area contributed by atoms with Crippen molar-refractivity contribution in [2.24, 2.45) is 5.92 Å². The van der Waals surface area contributed by atoms with Gasteiger partial charge in [0.25, 0.3) is 0 Å². The first-order valence-electron chi connectivity index (χ1n) is 7.65. The summed E-state index contributed by atoms with van der Waals surface area (Å²) in [6.07, 6.45) is 4.67. The number of ketones is 1. The molecular weight excluding hydrogens is 232 g/mol. The third-order valence-electron chi connectivity index (χ3n) is 4.25. The average Bonchev–Trinajstić information content (AvgIpc) is 2.41. The monoisotopic (exact) mass is 260 g/mol. The zero-order chi connectivity index (χ0) is 14.3. The van der Waals surface area contributed by atoms with Crippen molar-refractivity contribution in [1.29, 1.82) is 0 Å². The Morgan fingerprint density at radius 1 is 1.11 bits per heavy atom. The van der Waals surface area contributed by atoms with Gasteiger partial charge in [-0.3, -0.25) is 4.79 Å². The molecule has 0 unspecified atom stereocenters. The van der Waals surface area contributed by atoms with Crippen LogP contribution in [0.3, 0.4) is 0 Å². The van der Waals surface area contributed by atoms with Crippen molar-refractivity contribution in [3.05, 3.63) is 35.9 Å². The van der Waals surface area contributed by atoms with E-state index in [-0.39, 0.29) is 5.41 Å². The first kappa shape index (κ1) is 15.9. The second kappa shape index (κ2) is 7.47. The maximum absolute atomic E-state index is 12.7. The zero-order valence-electron chi connectivity index (χ0n) is 12.9. The van der Waals surface area contributed by atoms with Crippen LogP contribution in [0.1, 0.15) is 65.4 Å². The van der Waals surface area contributed by atoms with E-state index in [4.69, 9.17) is 0 Å². The normalized spacial score (nSPS) is 11.8. The molecule has 0 spiro atoms. The van der Waals surface area contributed by atoms with E-state index < -0.39 is 0 Å². The lowest BCUT2D eigenvalue weighted by Crippen LogP contribution is -2.34. The number of hydrogen-bond acceptors (Lipinski definition) is 1. The van der Waals surface area contributed by atoms with Gasteiger partial charge in [0.05, 0.1) is 5.41 Å². The predicted octanol–water partition coefficient (Wildman–Crippen LogP) is 5.14. The van der Waals surface area contributed by atoms with Crippen molar-refractivity contribution < 1.29 is 4.79 Å². The van der Waals surface area contributed by atoms with Crippen molar-refractivity contribution in [1.82, 2.24) is 0 Å². The highest BCUT2D eigenvalue weighted by Crippen LogP contribution is 2.34. The van der Waals surface area contributed by atoms with E-state index in [2.05, 4.69) is 39.8 Å². The van der Waals surface area contributed by atoms with Gasteiger partial charge in [0.15, 0.2) is 0 Å². The zero-order valence-corrected chi connectivity index (χ0v) is 12.9. The number of rotatable bonds is 8. The van der Waals surface area contributed by atoms with E-state index in [0.29, 0.717) is 11.7 Å². The van der Waals surface area contributed by atoms with Crippen molar-refractivity contribution in [2.75, 3.05) is 0 Å². The van der Waals surface area contributed by atoms with Crippen LogP contribution in [-0.2, 0) is 10.2 Å². The summed E-state index contributed by atoms with van der Waals surface area (Å²) in [6, 6.07) is 10.3. The van der Waals surface area contributed by atoms with Crippen molar-refractivity contribution in [2.45, 2.75) is 65.2 Å². The van der Waals surface area contributed by atoms with Crippen LogP contribution in [-0.4, -0.2) is 5.78 Å². The minimum Gasteiger partial charge on any atom is -0.299 e. The molecule has 1 rings (SSSR count). The van der Waals surface area contributed by atoms with Gasteiger partial charge < -0.3 is 0 Å². The molecule has 1 aromatic rings. The van der Waals surface area contributed by atoms with Crippen LogP contribution in [0.15, 0.2) is 30.3 Å². The average molecular weight is 260 g/mol. The largest absolute Gasteiger partial charge is 0.299 e. The first-order chi connectivity index (χ1) is 9.06. The van der Waals surface area contributed by atoms with E-state index in [1.165, 1.54) is 5.56 Å². The van der Waals surface area contributed by atoms with Gasteiger partial charge in [-0.05, 0) is 30.7 Å². The van der Waals surface area contributed by atoms with Crippen LogP contribution in [0, 0.1) is 5.92 Å². The van der Waals surface area contributed by atoms with Gasteiger partial charge >= 0.3 is 0 Å². The van der Waals surface area contributed by atoms with Crippen LogP contribution in [0.5, 0.6) is 0 Å². The summed E-state index contributed by atoms with van der Waals surface area (Å²) >= 11 is 0. The molecule has 0 radical (unpaired) electrons. The number of hydrogen-bond donors (Lipinski definition) is 0. The third-order valence-corrected chi connectivity index (χ3v) is 4.25. The van der Waals surface area contributed by atoms with Gasteiger partial charge in [-0.2, -0.15) is 0 Å². The van der Waals surface area contributed by atoms with E-state index in [1.807, 2.05) is 18.2 Å². The molecule has 0 heterocycles. The predicted molar refractivity (Wildman–Crippen MR) is 82.4 cm³/mol. The quantitative estimate of drug-likeness (QED) is 0.632. The molecule has 0 aromatic heterocycles. The van der Waals surface area contributed by atoms with E-state index in [1.54, 1.807) is 0 Å². The highest BCUT2D eigenvalue weighted by atomic mass is 16.1. The molecule has 0 saturated heterocycles. The Hall–Kier alpha value is -1.11. The SMILES string of the molecule is CCC(CC)(C(=O)CCCC(C)C)c1ccccc1. The molecule has 0 fully saturated rings. The maximum atomic E-state index is 12.7. The fraction of sp³-hybridized carbons (Fsp3) is 0.611. The molecular formula is C18H28O. The molecule has 1 aromatic carbocycles. The Bertz CT molecular complexity index is 374. The van der Waals surface area contributed by atoms with Gasteiger partial charge in [0, 0.05) is 6.42 Å². The minimum atomic E-state index is -0.266. The summed E-state index contributed by atoms with van der Waals surface area (Å²) in [5.41, 5.74) is 0.924. The number of benzene rings is 1. The molecule has 0 amide bonds. The Morgan fingerprint density at radius 3 is 2.16 bits per heavy atom. The van der Waals surface area contributed by atoms with Gasteiger partial charge in [0.1, 0.15) is 5.78 Å². The molecule has 0 aliphatic heterocycles. The summed E-state index contributed by atoms with van der Waals surface area (Å²) in [4.78, 5) is 12.7. The number of carbonyl (C=O) groups excluding carboxylic acids is 1. The Morgan fingerprint density at radius 2 is 1.68 bits per heavy atom. The smallest absolute Gasteiger partial charge is 0.143 e.